The standard InChI is InChI=1S/C19H14Cl2FN3O/c20-14-8-15(21)10-17(9-14)25-19(26)13-5-6-23-18(7-13)24-11-12-1-3-16(22)4-2-12/h1-10H,11H2,(H,23,24)(H,25,26). The van der Waals surface area contributed by atoms with Crippen molar-refractivity contribution < 1.29 is 9.18 Å². The summed E-state index contributed by atoms with van der Waals surface area (Å²) in [5.74, 6) is -0.0617. The normalized spacial score (nSPS) is 10.4. The molecule has 0 atom stereocenters. The number of aromatic nitrogens is 1. The predicted octanol–water partition coefficient (Wildman–Crippen LogP) is 5.39. The Balaban J connectivity index is 1.67. The largest absolute Gasteiger partial charge is 0.366 e. The van der Waals surface area contributed by atoms with Crippen LogP contribution in [-0.2, 0) is 6.54 Å². The van der Waals surface area contributed by atoms with E-state index in [0.717, 1.165) is 5.56 Å². The monoisotopic (exact) mass is 389 g/mol. The van der Waals surface area contributed by atoms with Crippen molar-refractivity contribution in [3.05, 3.63) is 87.8 Å². The second-order valence-corrected chi connectivity index (χ2v) is 6.39. The minimum atomic E-state index is -0.310. The van der Waals surface area contributed by atoms with Crippen LogP contribution in [0.4, 0.5) is 15.9 Å². The highest BCUT2D eigenvalue weighted by atomic mass is 35.5. The molecule has 26 heavy (non-hydrogen) atoms. The number of carbonyl (C=O) groups excluding carboxylic acids is 1. The SMILES string of the molecule is O=C(Nc1cc(Cl)cc(Cl)c1)c1ccnc(NCc2ccc(F)cc2)c1. The number of rotatable bonds is 5. The molecule has 0 saturated carbocycles. The molecular weight excluding hydrogens is 376 g/mol. The van der Waals surface area contributed by atoms with Crippen LogP contribution in [0.1, 0.15) is 15.9 Å². The first kappa shape index (κ1) is 18.2. The van der Waals surface area contributed by atoms with Gasteiger partial charge in [0.1, 0.15) is 11.6 Å². The molecule has 2 aromatic carbocycles. The van der Waals surface area contributed by atoms with E-state index in [0.29, 0.717) is 33.7 Å². The Bertz CT molecular complexity index is 912. The lowest BCUT2D eigenvalue weighted by molar-refractivity contribution is 0.102. The van der Waals surface area contributed by atoms with E-state index in [9.17, 15) is 9.18 Å². The first-order valence-corrected chi connectivity index (χ1v) is 8.47. The van der Waals surface area contributed by atoms with E-state index in [1.165, 1.54) is 18.3 Å². The molecule has 7 heteroatoms. The van der Waals surface area contributed by atoms with Crippen molar-refractivity contribution in [1.29, 1.82) is 0 Å². The average molecular weight is 390 g/mol. The first-order valence-electron chi connectivity index (χ1n) is 7.71. The molecule has 0 aliphatic heterocycles. The molecule has 1 amide bonds. The molecule has 4 nitrogen and oxygen atoms in total. The summed E-state index contributed by atoms with van der Waals surface area (Å²) in [6, 6.07) is 14.2. The molecule has 1 aromatic heterocycles. The molecule has 0 saturated heterocycles. The van der Waals surface area contributed by atoms with Gasteiger partial charge in [-0.05, 0) is 48.0 Å². The first-order chi connectivity index (χ1) is 12.5. The van der Waals surface area contributed by atoms with Gasteiger partial charge in [-0.2, -0.15) is 0 Å². The average Bonchev–Trinajstić information content (AvgIpc) is 2.60. The Morgan fingerprint density at radius 2 is 1.69 bits per heavy atom. The molecule has 0 radical (unpaired) electrons. The fourth-order valence-corrected chi connectivity index (χ4v) is 2.82. The number of benzene rings is 2. The maximum Gasteiger partial charge on any atom is 0.255 e. The maximum absolute atomic E-state index is 12.9. The highest BCUT2D eigenvalue weighted by Gasteiger charge is 2.09. The van der Waals surface area contributed by atoms with E-state index in [4.69, 9.17) is 23.2 Å². The molecule has 0 fully saturated rings. The summed E-state index contributed by atoms with van der Waals surface area (Å²) in [5, 5.41) is 6.71. The number of hydrogen-bond acceptors (Lipinski definition) is 3. The van der Waals surface area contributed by atoms with Crippen molar-refractivity contribution in [3.8, 4) is 0 Å². The molecular formula is C19H14Cl2FN3O. The third kappa shape index (κ3) is 4.94. The molecule has 2 N–H and O–H groups in total. The van der Waals surface area contributed by atoms with Crippen LogP contribution in [-0.4, -0.2) is 10.9 Å². The number of carbonyl (C=O) groups is 1. The van der Waals surface area contributed by atoms with Gasteiger partial charge in [0.15, 0.2) is 0 Å². The highest BCUT2D eigenvalue weighted by molar-refractivity contribution is 6.35. The minimum absolute atomic E-state index is 0.285. The van der Waals surface area contributed by atoms with Crippen LogP contribution in [0.2, 0.25) is 10.0 Å². The van der Waals surface area contributed by atoms with E-state index in [1.807, 2.05) is 0 Å². The summed E-state index contributed by atoms with van der Waals surface area (Å²) in [7, 11) is 0. The quantitative estimate of drug-likeness (QED) is 0.614. The Morgan fingerprint density at radius 3 is 2.38 bits per heavy atom. The van der Waals surface area contributed by atoms with E-state index >= 15 is 0 Å². The molecule has 3 aromatic rings. The third-order valence-corrected chi connectivity index (χ3v) is 3.97. The van der Waals surface area contributed by atoms with Crippen molar-refractivity contribution in [3.63, 3.8) is 0 Å². The van der Waals surface area contributed by atoms with E-state index in [-0.39, 0.29) is 11.7 Å². The lowest BCUT2D eigenvalue weighted by Gasteiger charge is -2.09. The van der Waals surface area contributed by atoms with Gasteiger partial charge in [-0.15, -0.1) is 0 Å². The van der Waals surface area contributed by atoms with Crippen LogP contribution < -0.4 is 10.6 Å². The van der Waals surface area contributed by atoms with E-state index in [1.54, 1.807) is 42.5 Å². The highest BCUT2D eigenvalue weighted by Crippen LogP contribution is 2.23. The Hall–Kier alpha value is -2.63. The fraction of sp³-hybridized carbons (Fsp3) is 0.0526. The number of pyridine rings is 1. The van der Waals surface area contributed by atoms with Crippen molar-refractivity contribution in [1.82, 2.24) is 4.98 Å². The molecule has 0 bridgehead atoms. The van der Waals surface area contributed by atoms with Crippen LogP contribution in [0.25, 0.3) is 0 Å². The van der Waals surface area contributed by atoms with Gasteiger partial charge in [0.2, 0.25) is 0 Å². The molecule has 1 heterocycles. The molecule has 0 spiro atoms. The number of amides is 1. The Labute approximate surface area is 160 Å². The number of anilines is 2. The van der Waals surface area contributed by atoms with Crippen LogP contribution in [0.15, 0.2) is 60.8 Å². The van der Waals surface area contributed by atoms with Crippen LogP contribution >= 0.6 is 23.2 Å². The fourth-order valence-electron chi connectivity index (χ4n) is 2.29. The number of halogens is 3. The Morgan fingerprint density at radius 1 is 1.00 bits per heavy atom. The van der Waals surface area contributed by atoms with Crippen molar-refractivity contribution in [2.24, 2.45) is 0 Å². The topological polar surface area (TPSA) is 54.0 Å². The second-order valence-electron chi connectivity index (χ2n) is 5.52. The summed E-state index contributed by atoms with van der Waals surface area (Å²) in [5.41, 5.74) is 1.83. The molecule has 0 aliphatic carbocycles. The van der Waals surface area contributed by atoms with Crippen LogP contribution in [0, 0.1) is 5.82 Å². The third-order valence-electron chi connectivity index (χ3n) is 3.53. The zero-order valence-electron chi connectivity index (χ0n) is 13.5. The Kier molecular flexibility index (Phi) is 5.71. The van der Waals surface area contributed by atoms with Gasteiger partial charge in [-0.25, -0.2) is 9.37 Å². The van der Waals surface area contributed by atoms with E-state index in [2.05, 4.69) is 15.6 Å². The van der Waals surface area contributed by atoms with E-state index < -0.39 is 0 Å². The minimum Gasteiger partial charge on any atom is -0.366 e. The van der Waals surface area contributed by atoms with Crippen molar-refractivity contribution >= 4 is 40.6 Å². The summed E-state index contributed by atoms with van der Waals surface area (Å²) in [6.45, 7) is 0.461. The molecule has 132 valence electrons. The molecule has 0 aliphatic rings. The zero-order chi connectivity index (χ0) is 18.5. The molecule has 0 unspecified atom stereocenters. The van der Waals surface area contributed by atoms with Gasteiger partial charge in [-0.1, -0.05) is 35.3 Å². The summed E-state index contributed by atoms with van der Waals surface area (Å²) < 4.78 is 12.9. The lowest BCUT2D eigenvalue weighted by atomic mass is 10.2. The molecule has 3 rings (SSSR count). The summed E-state index contributed by atoms with van der Waals surface area (Å²) in [4.78, 5) is 16.6. The zero-order valence-corrected chi connectivity index (χ0v) is 15.0. The van der Waals surface area contributed by atoms with Crippen LogP contribution in [0.5, 0.6) is 0 Å². The van der Waals surface area contributed by atoms with Gasteiger partial charge in [-0.3, -0.25) is 4.79 Å². The predicted molar refractivity (Wildman–Crippen MR) is 102 cm³/mol. The smallest absolute Gasteiger partial charge is 0.255 e. The van der Waals surface area contributed by atoms with Gasteiger partial charge >= 0.3 is 0 Å². The van der Waals surface area contributed by atoms with Gasteiger partial charge in [0.05, 0.1) is 0 Å². The van der Waals surface area contributed by atoms with Crippen molar-refractivity contribution in [2.45, 2.75) is 6.54 Å². The van der Waals surface area contributed by atoms with Crippen molar-refractivity contribution in [2.75, 3.05) is 10.6 Å². The van der Waals surface area contributed by atoms with Gasteiger partial charge in [0, 0.05) is 34.0 Å². The van der Waals surface area contributed by atoms with Gasteiger partial charge in [0.25, 0.3) is 5.91 Å². The number of nitrogens with one attached hydrogen (secondary N) is 2. The lowest BCUT2D eigenvalue weighted by Crippen LogP contribution is -2.13. The van der Waals surface area contributed by atoms with Gasteiger partial charge < -0.3 is 10.6 Å². The summed E-state index contributed by atoms with van der Waals surface area (Å²) >= 11 is 11.9. The maximum atomic E-state index is 12.9. The summed E-state index contributed by atoms with van der Waals surface area (Å²) in [6.07, 6.45) is 1.53. The second kappa shape index (κ2) is 8.17. The number of nitrogens with zero attached hydrogens (tertiary/aromatic N) is 1. The van der Waals surface area contributed by atoms with Crippen LogP contribution in [0.3, 0.4) is 0 Å². The number of hydrogen-bond donors (Lipinski definition) is 2.